The number of hydrogen-bond donors (Lipinski definition) is 2. The zero-order valence-electron chi connectivity index (χ0n) is 13.5. The fourth-order valence-corrected chi connectivity index (χ4v) is 3.24. The van der Waals surface area contributed by atoms with E-state index in [0.717, 1.165) is 30.2 Å². The van der Waals surface area contributed by atoms with Gasteiger partial charge in [-0.25, -0.2) is 9.37 Å². The van der Waals surface area contributed by atoms with E-state index in [-0.39, 0.29) is 18.4 Å². The summed E-state index contributed by atoms with van der Waals surface area (Å²) in [5, 5.41) is 8.53. The first-order chi connectivity index (χ1) is 11.6. The Morgan fingerprint density at radius 2 is 2.38 bits per heavy atom. The predicted octanol–water partition coefficient (Wildman–Crippen LogP) is 3.36. The number of anilines is 2. The Bertz CT molecular complexity index is 714. The van der Waals surface area contributed by atoms with Gasteiger partial charge in [-0.2, -0.15) is 0 Å². The van der Waals surface area contributed by atoms with E-state index in [9.17, 15) is 9.18 Å². The summed E-state index contributed by atoms with van der Waals surface area (Å²) in [6.07, 6.45) is 2.38. The van der Waals surface area contributed by atoms with Crippen molar-refractivity contribution in [1.82, 2.24) is 4.98 Å². The van der Waals surface area contributed by atoms with Crippen LogP contribution in [0.2, 0.25) is 0 Å². The van der Waals surface area contributed by atoms with Crippen LogP contribution in [0.3, 0.4) is 0 Å². The molecule has 0 aliphatic carbocycles. The van der Waals surface area contributed by atoms with Crippen molar-refractivity contribution < 1.29 is 13.9 Å². The largest absolute Gasteiger partial charge is 0.380 e. The Morgan fingerprint density at radius 3 is 3.04 bits per heavy atom. The summed E-state index contributed by atoms with van der Waals surface area (Å²) in [7, 11) is 0. The lowest BCUT2D eigenvalue weighted by atomic mass is 10.2. The van der Waals surface area contributed by atoms with Gasteiger partial charge in [0.1, 0.15) is 5.82 Å². The van der Waals surface area contributed by atoms with Crippen LogP contribution >= 0.6 is 11.3 Å². The normalized spacial score (nSPS) is 17.0. The van der Waals surface area contributed by atoms with Crippen LogP contribution in [0.4, 0.5) is 15.8 Å². The number of carbonyl (C=O) groups is 1. The lowest BCUT2D eigenvalue weighted by molar-refractivity contribution is -0.115. The maximum Gasteiger partial charge on any atom is 0.230 e. The topological polar surface area (TPSA) is 63.2 Å². The minimum absolute atomic E-state index is 0.144. The van der Waals surface area contributed by atoms with Crippen molar-refractivity contribution in [2.24, 2.45) is 0 Å². The number of hydrogen-bond acceptors (Lipinski definition) is 5. The number of nitrogens with one attached hydrogen (secondary N) is 2. The Kier molecular flexibility index (Phi) is 5.42. The van der Waals surface area contributed by atoms with Crippen LogP contribution in [0.25, 0.3) is 0 Å². The molecule has 1 unspecified atom stereocenters. The van der Waals surface area contributed by atoms with E-state index in [4.69, 9.17) is 4.74 Å². The monoisotopic (exact) mass is 349 g/mol. The molecule has 2 heterocycles. The van der Waals surface area contributed by atoms with E-state index in [1.54, 1.807) is 12.1 Å². The first-order valence-electron chi connectivity index (χ1n) is 7.96. The van der Waals surface area contributed by atoms with Gasteiger partial charge in [-0.3, -0.25) is 4.79 Å². The molecule has 1 amide bonds. The minimum Gasteiger partial charge on any atom is -0.380 e. The average molecular weight is 349 g/mol. The van der Waals surface area contributed by atoms with Gasteiger partial charge in [0.25, 0.3) is 0 Å². The molecule has 2 N–H and O–H groups in total. The van der Waals surface area contributed by atoms with Gasteiger partial charge in [-0.15, -0.1) is 11.3 Å². The van der Waals surface area contributed by atoms with Crippen molar-refractivity contribution in [1.29, 1.82) is 0 Å². The lowest BCUT2D eigenvalue weighted by Gasteiger charge is -2.13. The first kappa shape index (κ1) is 16.9. The molecule has 7 heteroatoms. The molecule has 1 aliphatic rings. The molecular formula is C17H20FN3O2S. The van der Waals surface area contributed by atoms with Crippen LogP contribution < -0.4 is 10.6 Å². The fourth-order valence-electron chi connectivity index (χ4n) is 2.62. The SMILES string of the molecule is Cc1nc(CC(=O)Nc2ccc(NCC3CCCO3)c(F)c2)cs1. The lowest BCUT2D eigenvalue weighted by Crippen LogP contribution is -2.19. The number of halogens is 1. The highest BCUT2D eigenvalue weighted by Gasteiger charge is 2.16. The fraction of sp³-hybridized carbons (Fsp3) is 0.412. The van der Waals surface area contributed by atoms with Crippen molar-refractivity contribution >= 4 is 28.6 Å². The highest BCUT2D eigenvalue weighted by molar-refractivity contribution is 7.09. The standard InChI is InChI=1S/C17H20FN3O2S/c1-11-20-13(10-24-11)8-17(22)21-12-4-5-16(15(18)7-12)19-9-14-3-2-6-23-14/h4-5,7,10,14,19H,2-3,6,8-9H2,1H3,(H,21,22). The van der Waals surface area contributed by atoms with Crippen LogP contribution in [-0.4, -0.2) is 30.1 Å². The molecule has 3 rings (SSSR count). The molecule has 1 atom stereocenters. The number of aromatic nitrogens is 1. The summed E-state index contributed by atoms with van der Waals surface area (Å²) >= 11 is 1.50. The van der Waals surface area contributed by atoms with Crippen LogP contribution in [0, 0.1) is 12.7 Å². The third kappa shape index (κ3) is 4.52. The van der Waals surface area contributed by atoms with E-state index >= 15 is 0 Å². The van der Waals surface area contributed by atoms with Gasteiger partial charge in [0.05, 0.1) is 28.9 Å². The number of rotatable bonds is 6. The molecule has 1 saturated heterocycles. The third-order valence-corrected chi connectivity index (χ3v) is 4.63. The molecule has 1 aromatic heterocycles. The zero-order chi connectivity index (χ0) is 16.9. The van der Waals surface area contributed by atoms with E-state index in [1.807, 2.05) is 12.3 Å². The third-order valence-electron chi connectivity index (χ3n) is 3.81. The Balaban J connectivity index is 1.54. The number of benzene rings is 1. The second-order valence-electron chi connectivity index (χ2n) is 5.79. The molecule has 128 valence electrons. The molecule has 24 heavy (non-hydrogen) atoms. The van der Waals surface area contributed by atoms with Crippen molar-refractivity contribution in [3.05, 3.63) is 40.1 Å². The summed E-state index contributed by atoms with van der Waals surface area (Å²) < 4.78 is 19.6. The molecule has 1 aromatic carbocycles. The van der Waals surface area contributed by atoms with Gasteiger partial charge in [-0.05, 0) is 38.0 Å². The quantitative estimate of drug-likeness (QED) is 0.839. The van der Waals surface area contributed by atoms with Gasteiger partial charge in [0.15, 0.2) is 0 Å². The van der Waals surface area contributed by atoms with Crippen LogP contribution in [0.15, 0.2) is 23.6 Å². The average Bonchev–Trinajstić information content (AvgIpc) is 3.18. The number of amides is 1. The summed E-state index contributed by atoms with van der Waals surface area (Å²) in [4.78, 5) is 16.2. The van der Waals surface area contributed by atoms with Crippen molar-refractivity contribution in [2.75, 3.05) is 23.8 Å². The molecular weight excluding hydrogens is 329 g/mol. The Morgan fingerprint density at radius 1 is 1.50 bits per heavy atom. The molecule has 0 bridgehead atoms. The summed E-state index contributed by atoms with van der Waals surface area (Å²) in [5.41, 5.74) is 1.58. The maximum absolute atomic E-state index is 14.1. The first-order valence-corrected chi connectivity index (χ1v) is 8.84. The molecule has 1 fully saturated rings. The molecule has 0 saturated carbocycles. The summed E-state index contributed by atoms with van der Waals surface area (Å²) in [6, 6.07) is 4.64. The molecule has 2 aromatic rings. The second kappa shape index (κ2) is 7.72. The number of ether oxygens (including phenoxy) is 1. The van der Waals surface area contributed by atoms with E-state index in [2.05, 4.69) is 15.6 Å². The van der Waals surface area contributed by atoms with E-state index in [0.29, 0.717) is 17.9 Å². The number of aryl methyl sites for hydroxylation is 1. The Hall–Kier alpha value is -1.99. The van der Waals surface area contributed by atoms with Crippen molar-refractivity contribution in [3.63, 3.8) is 0 Å². The number of nitrogens with zero attached hydrogens (tertiary/aromatic N) is 1. The van der Waals surface area contributed by atoms with Gasteiger partial charge in [0, 0.05) is 24.2 Å². The smallest absolute Gasteiger partial charge is 0.230 e. The highest BCUT2D eigenvalue weighted by Crippen LogP contribution is 2.21. The maximum atomic E-state index is 14.1. The Labute approximate surface area is 144 Å². The van der Waals surface area contributed by atoms with Crippen LogP contribution in [-0.2, 0) is 16.0 Å². The van der Waals surface area contributed by atoms with E-state index < -0.39 is 5.82 Å². The second-order valence-corrected chi connectivity index (χ2v) is 6.86. The van der Waals surface area contributed by atoms with Crippen LogP contribution in [0.5, 0.6) is 0 Å². The van der Waals surface area contributed by atoms with Crippen molar-refractivity contribution in [2.45, 2.75) is 32.3 Å². The van der Waals surface area contributed by atoms with Crippen molar-refractivity contribution in [3.8, 4) is 0 Å². The molecule has 5 nitrogen and oxygen atoms in total. The molecule has 0 radical (unpaired) electrons. The summed E-state index contributed by atoms with van der Waals surface area (Å²) in [5.74, 6) is -0.602. The molecule has 1 aliphatic heterocycles. The number of thiazole rings is 1. The highest BCUT2D eigenvalue weighted by atomic mass is 32.1. The van der Waals surface area contributed by atoms with Gasteiger partial charge in [-0.1, -0.05) is 0 Å². The van der Waals surface area contributed by atoms with Gasteiger partial charge in [0.2, 0.25) is 5.91 Å². The summed E-state index contributed by atoms with van der Waals surface area (Å²) in [6.45, 7) is 3.26. The molecule has 0 spiro atoms. The van der Waals surface area contributed by atoms with Gasteiger partial charge >= 0.3 is 0 Å². The van der Waals surface area contributed by atoms with Gasteiger partial charge < -0.3 is 15.4 Å². The minimum atomic E-state index is -0.393. The number of carbonyl (C=O) groups excluding carboxylic acids is 1. The van der Waals surface area contributed by atoms with Crippen LogP contribution in [0.1, 0.15) is 23.5 Å². The predicted molar refractivity (Wildman–Crippen MR) is 93.0 cm³/mol. The zero-order valence-corrected chi connectivity index (χ0v) is 14.3. The van der Waals surface area contributed by atoms with E-state index in [1.165, 1.54) is 17.4 Å².